The second kappa shape index (κ2) is 16.2. The lowest BCUT2D eigenvalue weighted by atomic mass is 10.1. The third-order valence-corrected chi connectivity index (χ3v) is 10.3. The van der Waals surface area contributed by atoms with Gasteiger partial charge in [0.05, 0.1) is 0 Å². The fraction of sp³-hybridized carbons (Fsp3) is 0.0233. The molecule has 5 heteroatoms. The Labute approximate surface area is 298 Å². The maximum absolute atomic E-state index is 5.36. The third kappa shape index (κ3) is 8.69. The number of nitrogens with one attached hydrogen (secondary N) is 1. The van der Waals surface area contributed by atoms with Crippen LogP contribution in [0.1, 0.15) is 5.56 Å². The van der Waals surface area contributed by atoms with E-state index < -0.39 is 0 Å². The number of fused-ring (bicyclic) bond motifs is 6. The lowest BCUT2D eigenvalue weighted by Gasteiger charge is -2.06. The summed E-state index contributed by atoms with van der Waals surface area (Å²) in [7, 11) is 0. The summed E-state index contributed by atoms with van der Waals surface area (Å²) in [6.07, 6.45) is 0. The molecule has 3 N–H and O–H groups in total. The van der Waals surface area contributed by atoms with Gasteiger partial charge in [0.25, 0.3) is 0 Å². The molecular formula is C43H35BrN2S2. The van der Waals surface area contributed by atoms with Gasteiger partial charge in [0.2, 0.25) is 0 Å². The molecule has 0 saturated heterocycles. The molecule has 0 atom stereocenters. The van der Waals surface area contributed by atoms with Crippen LogP contribution in [0.4, 0.5) is 17.1 Å². The summed E-state index contributed by atoms with van der Waals surface area (Å²) in [5.41, 5.74) is 9.75. The van der Waals surface area contributed by atoms with E-state index in [-0.39, 0.29) is 0 Å². The smallest absolute Gasteiger partial charge is 0.0391 e. The predicted molar refractivity (Wildman–Crippen MR) is 218 cm³/mol. The Hall–Kier alpha value is -4.94. The average Bonchev–Trinajstić information content (AvgIpc) is 3.68. The van der Waals surface area contributed by atoms with Crippen LogP contribution in [0.15, 0.2) is 180 Å². The number of hydrogen-bond donors (Lipinski definition) is 2. The zero-order valence-electron chi connectivity index (χ0n) is 26.5. The quantitative estimate of drug-likeness (QED) is 0.174. The molecule has 9 rings (SSSR count). The minimum atomic E-state index is 0.822. The molecule has 0 bridgehead atoms. The molecule has 0 aliphatic rings. The van der Waals surface area contributed by atoms with Gasteiger partial charge in [-0.1, -0.05) is 125 Å². The molecule has 0 radical (unpaired) electrons. The number of thiophene rings is 2. The normalized spacial score (nSPS) is 10.4. The van der Waals surface area contributed by atoms with E-state index in [9.17, 15) is 0 Å². The Morgan fingerprint density at radius 2 is 0.896 bits per heavy atom. The van der Waals surface area contributed by atoms with E-state index in [1.54, 1.807) is 0 Å². The Kier molecular flexibility index (Phi) is 11.2. The molecule has 236 valence electrons. The van der Waals surface area contributed by atoms with E-state index in [0.717, 1.165) is 21.5 Å². The van der Waals surface area contributed by atoms with Gasteiger partial charge in [0.1, 0.15) is 0 Å². The molecule has 2 aromatic heterocycles. The van der Waals surface area contributed by atoms with Gasteiger partial charge in [-0.05, 0) is 79.7 Å². The topological polar surface area (TPSA) is 38.0 Å². The van der Waals surface area contributed by atoms with Crippen LogP contribution >= 0.6 is 38.6 Å². The van der Waals surface area contributed by atoms with Crippen LogP contribution in [0.25, 0.3) is 40.3 Å². The van der Waals surface area contributed by atoms with Crippen molar-refractivity contribution in [3.8, 4) is 0 Å². The molecule has 0 aliphatic carbocycles. The molecule has 2 nitrogen and oxygen atoms in total. The van der Waals surface area contributed by atoms with Crippen molar-refractivity contribution in [1.29, 1.82) is 0 Å². The van der Waals surface area contributed by atoms with Gasteiger partial charge in [-0.3, -0.25) is 0 Å². The van der Waals surface area contributed by atoms with Crippen LogP contribution in [0, 0.1) is 6.92 Å². The van der Waals surface area contributed by atoms with Crippen LogP contribution in [-0.2, 0) is 0 Å². The maximum Gasteiger partial charge on any atom is 0.0391 e. The van der Waals surface area contributed by atoms with Crippen LogP contribution in [0.5, 0.6) is 0 Å². The van der Waals surface area contributed by atoms with E-state index in [4.69, 9.17) is 5.73 Å². The number of rotatable bonds is 2. The number of para-hydroxylation sites is 2. The monoisotopic (exact) mass is 722 g/mol. The standard InChI is InChI=1S/C18H13NS.C12H7BrS.C7H8.C6H7N/c1-2-6-13(7-3-1)19-14-10-11-18-16(12-14)15-8-4-5-9-17(15)20-18;13-8-5-6-12-10(7-8)9-3-1-2-4-11(9)14-12;1-7-5-3-2-4-6-7;7-6-4-2-1-3-5-6/h1-12,19H;1-7H;2-6H,1H3;1-5H,7H2. The molecule has 48 heavy (non-hydrogen) atoms. The number of nitrogens with two attached hydrogens (primary N) is 1. The zero-order chi connectivity index (χ0) is 33.1. The molecule has 0 unspecified atom stereocenters. The Bertz CT molecular complexity index is 2310. The van der Waals surface area contributed by atoms with Crippen molar-refractivity contribution in [2.75, 3.05) is 11.1 Å². The summed E-state index contributed by atoms with van der Waals surface area (Å²) in [5, 5.41) is 8.82. The van der Waals surface area contributed by atoms with Gasteiger partial charge in [0.15, 0.2) is 0 Å². The van der Waals surface area contributed by atoms with Crippen molar-refractivity contribution in [1.82, 2.24) is 0 Å². The minimum absolute atomic E-state index is 0.822. The molecule has 9 aromatic rings. The number of benzene rings is 7. The highest BCUT2D eigenvalue weighted by atomic mass is 79.9. The number of hydrogen-bond acceptors (Lipinski definition) is 4. The van der Waals surface area contributed by atoms with E-state index in [1.807, 2.05) is 89.4 Å². The Balaban J connectivity index is 0.000000124. The Morgan fingerprint density at radius 3 is 1.42 bits per heavy atom. The highest BCUT2D eigenvalue weighted by molar-refractivity contribution is 9.10. The van der Waals surface area contributed by atoms with Crippen molar-refractivity contribution in [2.45, 2.75) is 6.92 Å². The van der Waals surface area contributed by atoms with Crippen LogP contribution < -0.4 is 11.1 Å². The zero-order valence-corrected chi connectivity index (χ0v) is 29.7. The van der Waals surface area contributed by atoms with Crippen LogP contribution in [0.3, 0.4) is 0 Å². The fourth-order valence-corrected chi connectivity index (χ4v) is 7.71. The van der Waals surface area contributed by atoms with Crippen molar-refractivity contribution in [3.63, 3.8) is 0 Å². The lowest BCUT2D eigenvalue weighted by molar-refractivity contribution is 1.48. The largest absolute Gasteiger partial charge is 0.399 e. The van der Waals surface area contributed by atoms with Gasteiger partial charge in [-0.15, -0.1) is 22.7 Å². The number of anilines is 3. The van der Waals surface area contributed by atoms with Gasteiger partial charge >= 0.3 is 0 Å². The molecule has 0 spiro atoms. The van der Waals surface area contributed by atoms with Crippen molar-refractivity contribution < 1.29 is 0 Å². The molecular weight excluding hydrogens is 689 g/mol. The third-order valence-electron chi connectivity index (χ3n) is 7.52. The van der Waals surface area contributed by atoms with E-state index in [0.29, 0.717) is 0 Å². The molecule has 0 aliphatic heterocycles. The first-order valence-corrected chi connectivity index (χ1v) is 18.1. The average molecular weight is 724 g/mol. The molecule has 0 saturated carbocycles. The summed E-state index contributed by atoms with van der Waals surface area (Å²) in [4.78, 5) is 0. The first-order valence-electron chi connectivity index (χ1n) is 15.7. The first-order chi connectivity index (χ1) is 23.5. The number of halogens is 1. The van der Waals surface area contributed by atoms with Crippen molar-refractivity contribution in [3.05, 3.63) is 186 Å². The van der Waals surface area contributed by atoms with Gasteiger partial charge < -0.3 is 11.1 Å². The van der Waals surface area contributed by atoms with Crippen LogP contribution in [0.2, 0.25) is 0 Å². The fourth-order valence-electron chi connectivity index (χ4n) is 5.18. The van der Waals surface area contributed by atoms with Crippen LogP contribution in [-0.4, -0.2) is 0 Å². The SMILES string of the molecule is Brc1ccc2sc3ccccc3c2c1.Cc1ccccc1.Nc1ccccc1.c1ccc(Nc2ccc3sc4ccccc4c3c2)cc1. The van der Waals surface area contributed by atoms with Gasteiger partial charge in [-0.25, -0.2) is 0 Å². The van der Waals surface area contributed by atoms with E-state index >= 15 is 0 Å². The molecule has 2 heterocycles. The summed E-state index contributed by atoms with van der Waals surface area (Å²) >= 11 is 7.21. The second-order valence-electron chi connectivity index (χ2n) is 11.1. The minimum Gasteiger partial charge on any atom is -0.399 e. The summed E-state index contributed by atoms with van der Waals surface area (Å²) < 4.78 is 6.55. The summed E-state index contributed by atoms with van der Waals surface area (Å²) in [6, 6.07) is 60.2. The second-order valence-corrected chi connectivity index (χ2v) is 14.2. The maximum atomic E-state index is 5.36. The summed E-state index contributed by atoms with van der Waals surface area (Å²) in [5.74, 6) is 0. The highest BCUT2D eigenvalue weighted by Gasteiger charge is 2.06. The Morgan fingerprint density at radius 1 is 0.438 bits per heavy atom. The van der Waals surface area contributed by atoms with E-state index in [1.165, 1.54) is 45.9 Å². The first kappa shape index (κ1) is 33.0. The highest BCUT2D eigenvalue weighted by Crippen LogP contribution is 2.36. The summed E-state index contributed by atoms with van der Waals surface area (Å²) in [6.45, 7) is 2.08. The number of nitrogen functional groups attached to an aromatic ring is 1. The molecule has 0 fully saturated rings. The number of aryl methyl sites for hydroxylation is 1. The van der Waals surface area contributed by atoms with Gasteiger partial charge in [0, 0.05) is 61.9 Å². The lowest BCUT2D eigenvalue weighted by Crippen LogP contribution is -1.88. The van der Waals surface area contributed by atoms with Gasteiger partial charge in [-0.2, -0.15) is 0 Å². The molecule has 0 amide bonds. The van der Waals surface area contributed by atoms with Crippen molar-refractivity contribution in [2.24, 2.45) is 0 Å². The predicted octanol–water partition coefficient (Wildman–Crippen LogP) is 13.9. The van der Waals surface area contributed by atoms with E-state index in [2.05, 4.69) is 137 Å². The molecule has 7 aromatic carbocycles. The van der Waals surface area contributed by atoms with Crippen molar-refractivity contribution >= 4 is 96.0 Å².